The monoisotopic (exact) mass is 382 g/mol. The fraction of sp³-hybridized carbons (Fsp3) is 0.588. The Hall–Kier alpha value is -1.90. The SMILES string of the molecule is CCOC(=O)[C@H]1O[C@@](CC)(C(F)(F)F)C[C@H]1c1ccc(F)c(F)c1OC. The molecule has 1 aromatic rings. The Labute approximate surface area is 147 Å². The molecule has 3 atom stereocenters. The van der Waals surface area contributed by atoms with Crippen molar-refractivity contribution >= 4 is 5.97 Å². The molecule has 0 bridgehead atoms. The van der Waals surface area contributed by atoms with E-state index in [0.29, 0.717) is 0 Å². The summed E-state index contributed by atoms with van der Waals surface area (Å²) in [4.78, 5) is 12.2. The van der Waals surface area contributed by atoms with Crippen molar-refractivity contribution in [2.45, 2.75) is 50.5 Å². The van der Waals surface area contributed by atoms with Gasteiger partial charge < -0.3 is 14.2 Å². The summed E-state index contributed by atoms with van der Waals surface area (Å²) in [5.74, 6) is -5.31. The second-order valence-electron chi connectivity index (χ2n) is 5.93. The highest BCUT2D eigenvalue weighted by Crippen LogP contribution is 2.53. The van der Waals surface area contributed by atoms with Crippen LogP contribution in [0.25, 0.3) is 0 Å². The minimum atomic E-state index is -4.76. The van der Waals surface area contributed by atoms with E-state index in [1.54, 1.807) is 0 Å². The molecule has 1 aliphatic rings. The maximum absolute atomic E-state index is 14.0. The lowest BCUT2D eigenvalue weighted by molar-refractivity contribution is -0.272. The molecule has 1 saturated heterocycles. The van der Waals surface area contributed by atoms with Crippen LogP contribution in [0.15, 0.2) is 12.1 Å². The number of benzene rings is 1. The molecule has 0 radical (unpaired) electrons. The highest BCUT2D eigenvalue weighted by atomic mass is 19.4. The molecule has 4 nitrogen and oxygen atoms in total. The minimum absolute atomic E-state index is 0.0640. The molecule has 0 amide bonds. The Kier molecular flexibility index (Phi) is 5.79. The van der Waals surface area contributed by atoms with E-state index in [1.165, 1.54) is 13.8 Å². The van der Waals surface area contributed by atoms with Crippen molar-refractivity contribution in [3.8, 4) is 5.75 Å². The van der Waals surface area contributed by atoms with Crippen LogP contribution in [0.2, 0.25) is 0 Å². The molecule has 146 valence electrons. The summed E-state index contributed by atoms with van der Waals surface area (Å²) in [7, 11) is 1.06. The summed E-state index contributed by atoms with van der Waals surface area (Å²) in [6, 6.07) is 1.87. The second-order valence-corrected chi connectivity index (χ2v) is 5.93. The van der Waals surface area contributed by atoms with Crippen molar-refractivity contribution in [1.29, 1.82) is 0 Å². The number of methoxy groups -OCH3 is 1. The van der Waals surface area contributed by atoms with Gasteiger partial charge in [-0.1, -0.05) is 13.0 Å². The lowest BCUT2D eigenvalue weighted by Gasteiger charge is -2.30. The van der Waals surface area contributed by atoms with Gasteiger partial charge in [0.25, 0.3) is 0 Å². The smallest absolute Gasteiger partial charge is 0.417 e. The molecule has 0 aliphatic carbocycles. The van der Waals surface area contributed by atoms with Crippen molar-refractivity contribution in [3.63, 3.8) is 0 Å². The van der Waals surface area contributed by atoms with Gasteiger partial charge in [0.1, 0.15) is 0 Å². The molecule has 9 heteroatoms. The third-order valence-electron chi connectivity index (χ3n) is 4.56. The first-order valence-electron chi connectivity index (χ1n) is 8.04. The molecule has 0 aromatic heterocycles. The zero-order valence-electron chi connectivity index (χ0n) is 14.5. The maximum atomic E-state index is 14.0. The van der Waals surface area contributed by atoms with Crippen LogP contribution < -0.4 is 4.74 Å². The Balaban J connectivity index is 2.57. The summed E-state index contributed by atoms with van der Waals surface area (Å²) >= 11 is 0. The van der Waals surface area contributed by atoms with Gasteiger partial charge in [-0.2, -0.15) is 17.6 Å². The van der Waals surface area contributed by atoms with Crippen LogP contribution in [0.5, 0.6) is 5.75 Å². The Bertz CT molecular complexity index is 676. The number of hydrogen-bond acceptors (Lipinski definition) is 4. The second kappa shape index (κ2) is 7.38. The predicted octanol–water partition coefficient (Wildman–Crippen LogP) is 4.12. The third kappa shape index (κ3) is 3.36. The fourth-order valence-electron chi connectivity index (χ4n) is 3.20. The Morgan fingerprint density at radius 3 is 2.46 bits per heavy atom. The summed E-state index contributed by atoms with van der Waals surface area (Å²) < 4.78 is 83.1. The molecule has 0 saturated carbocycles. The van der Waals surface area contributed by atoms with Gasteiger partial charge in [0.2, 0.25) is 5.82 Å². The van der Waals surface area contributed by atoms with E-state index >= 15 is 0 Å². The van der Waals surface area contributed by atoms with Crippen LogP contribution >= 0.6 is 0 Å². The van der Waals surface area contributed by atoms with Gasteiger partial charge >= 0.3 is 12.1 Å². The first-order chi connectivity index (χ1) is 12.1. The maximum Gasteiger partial charge on any atom is 0.417 e. The molecule has 1 aliphatic heterocycles. The van der Waals surface area contributed by atoms with E-state index < -0.39 is 60.0 Å². The highest BCUT2D eigenvalue weighted by molar-refractivity contribution is 5.77. The van der Waals surface area contributed by atoms with Crippen molar-refractivity contribution in [1.82, 2.24) is 0 Å². The molecule has 2 rings (SSSR count). The number of halogens is 5. The number of hydrogen-bond donors (Lipinski definition) is 0. The molecule has 1 fully saturated rings. The summed E-state index contributed by atoms with van der Waals surface area (Å²) in [5, 5.41) is 0. The third-order valence-corrected chi connectivity index (χ3v) is 4.56. The van der Waals surface area contributed by atoms with Crippen molar-refractivity contribution < 1.29 is 41.0 Å². The molecule has 0 unspecified atom stereocenters. The quantitative estimate of drug-likeness (QED) is 0.568. The van der Waals surface area contributed by atoms with Crippen LogP contribution in [-0.4, -0.2) is 37.6 Å². The van der Waals surface area contributed by atoms with E-state index in [2.05, 4.69) is 0 Å². The predicted molar refractivity (Wildman–Crippen MR) is 80.9 cm³/mol. The number of carbonyl (C=O) groups excluding carboxylic acids is 1. The summed E-state index contributed by atoms with van der Waals surface area (Å²) in [6.07, 6.45) is -7.46. The first-order valence-corrected chi connectivity index (χ1v) is 8.04. The summed E-state index contributed by atoms with van der Waals surface area (Å²) in [5.41, 5.74) is -2.67. The standard InChI is InChI=1S/C17H19F5O4/c1-4-16(17(20,21)22)8-10(14(26-16)15(23)25-5-2)9-6-7-11(18)12(19)13(9)24-3/h6-7,10,14H,4-5,8H2,1-3H3/t10-,14-,16+/m0/s1. The minimum Gasteiger partial charge on any atom is -0.493 e. The average Bonchev–Trinajstić information content (AvgIpc) is 2.98. The van der Waals surface area contributed by atoms with Gasteiger partial charge in [0, 0.05) is 11.5 Å². The zero-order chi connectivity index (χ0) is 19.7. The zero-order valence-corrected chi connectivity index (χ0v) is 14.5. The van der Waals surface area contributed by atoms with Gasteiger partial charge in [-0.15, -0.1) is 0 Å². The van der Waals surface area contributed by atoms with Gasteiger partial charge in [0.05, 0.1) is 13.7 Å². The molecule has 1 heterocycles. The average molecular weight is 382 g/mol. The molecular formula is C17H19F5O4. The van der Waals surface area contributed by atoms with Crippen LogP contribution in [0.4, 0.5) is 22.0 Å². The number of rotatable bonds is 5. The van der Waals surface area contributed by atoms with Crippen LogP contribution in [0.1, 0.15) is 38.2 Å². The topological polar surface area (TPSA) is 44.8 Å². The number of alkyl halides is 3. The van der Waals surface area contributed by atoms with E-state index in [1.807, 2.05) is 0 Å². The highest BCUT2D eigenvalue weighted by Gasteiger charge is 2.63. The molecule has 1 aromatic carbocycles. The lowest BCUT2D eigenvalue weighted by atomic mass is 9.84. The Morgan fingerprint density at radius 2 is 1.96 bits per heavy atom. The molecule has 0 N–H and O–H groups in total. The number of ether oxygens (including phenoxy) is 3. The number of carbonyl (C=O) groups is 1. The van der Waals surface area contributed by atoms with Crippen molar-refractivity contribution in [2.75, 3.05) is 13.7 Å². The fourth-order valence-corrected chi connectivity index (χ4v) is 3.20. The van der Waals surface area contributed by atoms with Gasteiger partial charge in [-0.25, -0.2) is 9.18 Å². The number of esters is 1. The van der Waals surface area contributed by atoms with E-state index in [0.717, 1.165) is 19.2 Å². The van der Waals surface area contributed by atoms with Gasteiger partial charge in [0.15, 0.2) is 23.3 Å². The van der Waals surface area contributed by atoms with Crippen molar-refractivity contribution in [2.24, 2.45) is 0 Å². The first kappa shape index (κ1) is 20.4. The van der Waals surface area contributed by atoms with Crippen LogP contribution in [-0.2, 0) is 14.3 Å². The van der Waals surface area contributed by atoms with Gasteiger partial charge in [-0.05, 0) is 25.8 Å². The molecular weight excluding hydrogens is 363 g/mol. The summed E-state index contributed by atoms with van der Waals surface area (Å²) in [6.45, 7) is 2.71. The van der Waals surface area contributed by atoms with Crippen LogP contribution in [0, 0.1) is 11.6 Å². The van der Waals surface area contributed by atoms with E-state index in [9.17, 15) is 26.7 Å². The van der Waals surface area contributed by atoms with Gasteiger partial charge in [-0.3, -0.25) is 0 Å². The largest absolute Gasteiger partial charge is 0.493 e. The Morgan fingerprint density at radius 1 is 1.31 bits per heavy atom. The van der Waals surface area contributed by atoms with Crippen molar-refractivity contribution in [3.05, 3.63) is 29.3 Å². The molecule has 26 heavy (non-hydrogen) atoms. The van der Waals surface area contributed by atoms with E-state index in [4.69, 9.17) is 14.2 Å². The molecule has 0 spiro atoms. The lowest BCUT2D eigenvalue weighted by Crippen LogP contribution is -2.45. The van der Waals surface area contributed by atoms with E-state index in [-0.39, 0.29) is 12.2 Å². The normalized spacial score (nSPS) is 26.0. The van der Waals surface area contributed by atoms with Crippen LogP contribution in [0.3, 0.4) is 0 Å².